The monoisotopic (exact) mass is 344 g/mol. The largest absolute Gasteiger partial charge is 0.480 e. The molecule has 2 aromatic heterocycles. The van der Waals surface area contributed by atoms with Crippen LogP contribution in [0.25, 0.3) is 5.52 Å². The summed E-state index contributed by atoms with van der Waals surface area (Å²) in [4.78, 5) is 22.7. The van der Waals surface area contributed by atoms with Gasteiger partial charge in [-0.05, 0) is 22.0 Å². The normalized spacial score (nSPS) is 10.9. The molecule has 0 aliphatic heterocycles. The summed E-state index contributed by atoms with van der Waals surface area (Å²) in [6.07, 6.45) is 1.66. The summed E-state index contributed by atoms with van der Waals surface area (Å²) in [6.45, 7) is 0.424. The topological polar surface area (TPSA) is 97.9 Å². The van der Waals surface area contributed by atoms with Crippen LogP contribution in [0.2, 0.25) is 0 Å². The highest BCUT2D eigenvalue weighted by Crippen LogP contribution is 2.13. The first kappa shape index (κ1) is 14.5. The number of ether oxygens (including phenoxy) is 1. The Morgan fingerprint density at radius 2 is 2.35 bits per heavy atom. The number of rotatable bonds is 6. The van der Waals surface area contributed by atoms with Crippen molar-refractivity contribution in [3.05, 3.63) is 27.1 Å². The number of carboxylic acids is 1. The number of fused-ring (bicyclic) bond motifs is 1. The average molecular weight is 345 g/mol. The van der Waals surface area contributed by atoms with Crippen LogP contribution in [0.3, 0.4) is 0 Å². The number of carboxylic acid groups (broad SMARTS) is 1. The first-order valence-corrected chi connectivity index (χ1v) is 6.57. The third kappa shape index (κ3) is 2.99. The van der Waals surface area contributed by atoms with Crippen molar-refractivity contribution in [2.75, 3.05) is 20.2 Å². The number of aromatic nitrogens is 3. The first-order chi connectivity index (χ1) is 9.52. The van der Waals surface area contributed by atoms with Gasteiger partial charge in [0.15, 0.2) is 0 Å². The van der Waals surface area contributed by atoms with E-state index in [0.29, 0.717) is 12.1 Å². The summed E-state index contributed by atoms with van der Waals surface area (Å²) < 4.78 is 8.63. The maximum absolute atomic E-state index is 12.3. The smallest absolute Gasteiger partial charge is 0.317 e. The zero-order chi connectivity index (χ0) is 14.7. The van der Waals surface area contributed by atoms with Gasteiger partial charge in [-0.25, -0.2) is 4.52 Å². The number of hydrogen-bond acceptors (Lipinski definition) is 5. The van der Waals surface area contributed by atoms with E-state index in [0.717, 1.165) is 4.47 Å². The zero-order valence-electron chi connectivity index (χ0n) is 10.7. The molecule has 0 aliphatic carbocycles. The number of carbonyl (C=O) groups is 1. The van der Waals surface area contributed by atoms with E-state index in [2.05, 4.69) is 26.3 Å². The number of nitrogens with zero attached hydrogens (tertiary/aromatic N) is 3. The molecule has 0 aromatic carbocycles. The van der Waals surface area contributed by atoms with E-state index in [1.165, 1.54) is 16.2 Å². The second-order valence-corrected chi connectivity index (χ2v) is 4.92. The van der Waals surface area contributed by atoms with E-state index in [1.54, 1.807) is 12.3 Å². The average Bonchev–Trinajstić information content (AvgIpc) is 2.77. The highest BCUT2D eigenvalue weighted by molar-refractivity contribution is 9.10. The molecule has 2 aromatic rings. The van der Waals surface area contributed by atoms with E-state index in [4.69, 9.17) is 9.84 Å². The van der Waals surface area contributed by atoms with E-state index in [9.17, 15) is 9.59 Å². The minimum Gasteiger partial charge on any atom is -0.480 e. The quantitative estimate of drug-likeness (QED) is 0.712. The van der Waals surface area contributed by atoms with Crippen molar-refractivity contribution in [2.24, 2.45) is 0 Å². The summed E-state index contributed by atoms with van der Waals surface area (Å²) in [5.74, 6) is -0.951. The molecule has 0 fully saturated rings. The number of halogens is 1. The molecular formula is C11H13BrN4O4. The predicted octanol–water partition coefficient (Wildman–Crippen LogP) is -0.0587. The lowest BCUT2D eigenvalue weighted by Gasteiger charge is -2.11. The summed E-state index contributed by atoms with van der Waals surface area (Å²) >= 11 is 3.28. The molecule has 8 nitrogen and oxygen atoms in total. The van der Waals surface area contributed by atoms with Crippen molar-refractivity contribution in [3.8, 4) is 6.01 Å². The van der Waals surface area contributed by atoms with Crippen LogP contribution >= 0.6 is 15.9 Å². The van der Waals surface area contributed by atoms with Crippen molar-refractivity contribution in [1.29, 1.82) is 0 Å². The van der Waals surface area contributed by atoms with Crippen LogP contribution in [-0.2, 0) is 11.3 Å². The van der Waals surface area contributed by atoms with Gasteiger partial charge in [0.05, 0.1) is 13.7 Å². The Hall–Kier alpha value is -1.87. The number of nitrogens with one attached hydrogen (secondary N) is 1. The molecule has 2 heterocycles. The highest BCUT2D eigenvalue weighted by atomic mass is 79.9. The SMILES string of the molecule is COc1nn2cc(Br)cc2c(=O)n1CCNCC(=O)O. The van der Waals surface area contributed by atoms with Gasteiger partial charge in [-0.15, -0.1) is 5.10 Å². The van der Waals surface area contributed by atoms with Crippen LogP contribution in [0.1, 0.15) is 0 Å². The Bertz CT molecular complexity index is 694. The highest BCUT2D eigenvalue weighted by Gasteiger charge is 2.12. The Balaban J connectivity index is 2.28. The van der Waals surface area contributed by atoms with Gasteiger partial charge in [-0.1, -0.05) is 0 Å². The third-order valence-corrected chi connectivity index (χ3v) is 3.06. The fourth-order valence-corrected chi connectivity index (χ4v) is 2.18. The zero-order valence-corrected chi connectivity index (χ0v) is 12.3. The molecule has 2 N–H and O–H groups in total. The van der Waals surface area contributed by atoms with Crippen LogP contribution in [0, 0.1) is 0 Å². The molecule has 0 aliphatic rings. The van der Waals surface area contributed by atoms with E-state index in [1.807, 2.05) is 0 Å². The van der Waals surface area contributed by atoms with Crippen molar-refractivity contribution in [1.82, 2.24) is 19.5 Å². The van der Waals surface area contributed by atoms with Gasteiger partial charge in [0.2, 0.25) is 0 Å². The molecule has 20 heavy (non-hydrogen) atoms. The fraction of sp³-hybridized carbons (Fsp3) is 0.364. The Labute approximate surface area is 122 Å². The van der Waals surface area contributed by atoms with E-state index >= 15 is 0 Å². The van der Waals surface area contributed by atoms with Crippen molar-refractivity contribution in [2.45, 2.75) is 6.54 Å². The van der Waals surface area contributed by atoms with Crippen LogP contribution in [-0.4, -0.2) is 45.5 Å². The second-order valence-electron chi connectivity index (χ2n) is 4.00. The Kier molecular flexibility index (Phi) is 4.40. The standard InChI is InChI=1S/C11H13BrN4O4/c1-20-11-14-16-6-7(12)4-8(16)10(19)15(11)3-2-13-5-9(17)18/h4,6,13H,2-3,5H2,1H3,(H,17,18). The van der Waals surface area contributed by atoms with Gasteiger partial charge < -0.3 is 15.2 Å². The summed E-state index contributed by atoms with van der Waals surface area (Å²) in [6, 6.07) is 1.83. The lowest BCUT2D eigenvalue weighted by atomic mass is 10.5. The lowest BCUT2D eigenvalue weighted by Crippen LogP contribution is -2.32. The molecule has 0 saturated carbocycles. The Morgan fingerprint density at radius 1 is 1.60 bits per heavy atom. The molecule has 9 heteroatoms. The van der Waals surface area contributed by atoms with Crippen LogP contribution in [0.5, 0.6) is 6.01 Å². The summed E-state index contributed by atoms with van der Waals surface area (Å²) in [5.41, 5.74) is 0.163. The van der Waals surface area contributed by atoms with Crippen molar-refractivity contribution in [3.63, 3.8) is 0 Å². The van der Waals surface area contributed by atoms with Crippen LogP contribution in [0.15, 0.2) is 21.5 Å². The van der Waals surface area contributed by atoms with Gasteiger partial charge in [0, 0.05) is 23.8 Å². The van der Waals surface area contributed by atoms with Gasteiger partial charge in [0.1, 0.15) is 5.52 Å². The molecule has 0 atom stereocenters. The fourth-order valence-electron chi connectivity index (χ4n) is 1.77. The maximum Gasteiger partial charge on any atom is 0.317 e. The first-order valence-electron chi connectivity index (χ1n) is 5.78. The van der Waals surface area contributed by atoms with Gasteiger partial charge in [-0.2, -0.15) is 0 Å². The van der Waals surface area contributed by atoms with Gasteiger partial charge in [0.25, 0.3) is 5.56 Å². The molecule has 0 spiro atoms. The minimum atomic E-state index is -0.951. The molecule has 0 amide bonds. The molecule has 2 rings (SSSR count). The molecule has 0 radical (unpaired) electrons. The number of methoxy groups -OCH3 is 1. The molecular weight excluding hydrogens is 332 g/mol. The predicted molar refractivity (Wildman–Crippen MR) is 74.2 cm³/mol. The second kappa shape index (κ2) is 6.06. The molecule has 0 saturated heterocycles. The van der Waals surface area contributed by atoms with E-state index in [-0.39, 0.29) is 24.7 Å². The van der Waals surface area contributed by atoms with Crippen molar-refractivity contribution >= 4 is 27.4 Å². The van der Waals surface area contributed by atoms with E-state index < -0.39 is 5.97 Å². The summed E-state index contributed by atoms with van der Waals surface area (Å²) in [5, 5.41) is 15.4. The van der Waals surface area contributed by atoms with Crippen LogP contribution < -0.4 is 15.6 Å². The van der Waals surface area contributed by atoms with Gasteiger partial charge in [-0.3, -0.25) is 14.2 Å². The third-order valence-electron chi connectivity index (χ3n) is 2.63. The molecule has 0 bridgehead atoms. The summed E-state index contributed by atoms with van der Waals surface area (Å²) in [7, 11) is 1.42. The maximum atomic E-state index is 12.3. The van der Waals surface area contributed by atoms with Gasteiger partial charge >= 0.3 is 12.0 Å². The minimum absolute atomic E-state index is 0.163. The van der Waals surface area contributed by atoms with Crippen molar-refractivity contribution < 1.29 is 14.6 Å². The number of hydrogen-bond donors (Lipinski definition) is 2. The molecule has 0 unspecified atom stereocenters. The van der Waals surface area contributed by atoms with Crippen LogP contribution in [0.4, 0.5) is 0 Å². The number of aliphatic carboxylic acids is 1. The molecule has 108 valence electrons. The lowest BCUT2D eigenvalue weighted by molar-refractivity contribution is -0.135. The Morgan fingerprint density at radius 3 is 3.00 bits per heavy atom.